The van der Waals surface area contributed by atoms with E-state index in [2.05, 4.69) is 4.98 Å². The van der Waals surface area contributed by atoms with Crippen molar-refractivity contribution in [1.29, 1.82) is 0 Å². The standard InChI is InChI=1S/C21H25N5O3/c1-2-23-15-22-19-18(23)20(28)26(14-17(27)24-11-7-4-8-12-24)21(29)25(19)13-16-9-5-3-6-10-16/h3,5-6,9-10,15H,2,4,7-8,11-14H2,1H3. The molecule has 1 aromatic carbocycles. The predicted molar refractivity (Wildman–Crippen MR) is 110 cm³/mol. The second-order valence-corrected chi connectivity index (χ2v) is 7.39. The van der Waals surface area contributed by atoms with Crippen molar-refractivity contribution in [3.8, 4) is 0 Å². The molecule has 0 atom stereocenters. The molecule has 152 valence electrons. The summed E-state index contributed by atoms with van der Waals surface area (Å²) in [5.41, 5.74) is 0.674. The molecule has 8 heteroatoms. The SMILES string of the molecule is CCn1cnc2c1c(=O)n(CC(=O)N1CCCCC1)c(=O)n2Cc1ccccc1. The number of carbonyl (C=O) groups is 1. The summed E-state index contributed by atoms with van der Waals surface area (Å²) in [4.78, 5) is 45.2. The highest BCUT2D eigenvalue weighted by atomic mass is 16.2. The number of aryl methyl sites for hydroxylation is 1. The van der Waals surface area contributed by atoms with Gasteiger partial charge in [-0.15, -0.1) is 0 Å². The largest absolute Gasteiger partial charge is 0.341 e. The molecule has 0 radical (unpaired) electrons. The Kier molecular flexibility index (Phi) is 5.33. The van der Waals surface area contributed by atoms with E-state index in [-0.39, 0.29) is 19.0 Å². The average Bonchev–Trinajstić information content (AvgIpc) is 3.19. The third kappa shape index (κ3) is 3.62. The molecule has 1 amide bonds. The Morgan fingerprint density at radius 1 is 1.03 bits per heavy atom. The summed E-state index contributed by atoms with van der Waals surface area (Å²) < 4.78 is 4.28. The Hall–Kier alpha value is -3.16. The van der Waals surface area contributed by atoms with Crippen molar-refractivity contribution in [3.05, 3.63) is 63.1 Å². The number of hydrogen-bond acceptors (Lipinski definition) is 4. The Balaban J connectivity index is 1.82. The van der Waals surface area contributed by atoms with Gasteiger partial charge in [0.2, 0.25) is 5.91 Å². The number of carbonyl (C=O) groups excluding carboxylic acids is 1. The molecule has 4 rings (SSSR count). The quantitative estimate of drug-likeness (QED) is 0.655. The monoisotopic (exact) mass is 395 g/mol. The van der Waals surface area contributed by atoms with Crippen molar-refractivity contribution in [1.82, 2.24) is 23.6 Å². The zero-order chi connectivity index (χ0) is 20.4. The molecule has 1 aliphatic rings. The summed E-state index contributed by atoms with van der Waals surface area (Å²) in [6.45, 7) is 3.88. The third-order valence-corrected chi connectivity index (χ3v) is 5.51. The highest BCUT2D eigenvalue weighted by Gasteiger charge is 2.22. The van der Waals surface area contributed by atoms with Gasteiger partial charge < -0.3 is 9.47 Å². The molecule has 3 aromatic rings. The lowest BCUT2D eigenvalue weighted by molar-refractivity contribution is -0.132. The molecule has 1 aliphatic heterocycles. The van der Waals surface area contributed by atoms with Crippen molar-refractivity contribution in [2.45, 2.75) is 45.8 Å². The lowest BCUT2D eigenvalue weighted by Crippen LogP contribution is -2.46. The molecule has 0 N–H and O–H groups in total. The van der Waals surface area contributed by atoms with Crippen LogP contribution in [0.1, 0.15) is 31.7 Å². The predicted octanol–water partition coefficient (Wildman–Crippen LogP) is 1.44. The first-order chi connectivity index (χ1) is 14.1. The van der Waals surface area contributed by atoms with Gasteiger partial charge in [0.25, 0.3) is 5.56 Å². The van der Waals surface area contributed by atoms with E-state index in [1.54, 1.807) is 15.8 Å². The number of piperidine rings is 1. The van der Waals surface area contributed by atoms with E-state index in [1.807, 2.05) is 37.3 Å². The molecule has 0 unspecified atom stereocenters. The molecule has 29 heavy (non-hydrogen) atoms. The molecule has 1 saturated heterocycles. The van der Waals surface area contributed by atoms with E-state index in [4.69, 9.17) is 0 Å². The fourth-order valence-corrected chi connectivity index (χ4v) is 3.91. The summed E-state index contributed by atoms with van der Waals surface area (Å²) in [6, 6.07) is 9.55. The highest BCUT2D eigenvalue weighted by molar-refractivity contribution is 5.77. The number of benzene rings is 1. The van der Waals surface area contributed by atoms with Crippen LogP contribution in [-0.2, 0) is 24.4 Å². The van der Waals surface area contributed by atoms with E-state index in [9.17, 15) is 14.4 Å². The fourth-order valence-electron chi connectivity index (χ4n) is 3.91. The molecule has 0 spiro atoms. The summed E-state index contributed by atoms with van der Waals surface area (Å²) in [6.07, 6.45) is 4.60. The topological polar surface area (TPSA) is 82.1 Å². The van der Waals surface area contributed by atoms with E-state index < -0.39 is 11.2 Å². The van der Waals surface area contributed by atoms with Crippen molar-refractivity contribution in [2.75, 3.05) is 13.1 Å². The molecule has 2 aromatic heterocycles. The fraction of sp³-hybridized carbons (Fsp3) is 0.429. The maximum atomic E-state index is 13.2. The molecule has 1 fully saturated rings. The third-order valence-electron chi connectivity index (χ3n) is 5.51. The summed E-state index contributed by atoms with van der Waals surface area (Å²) in [5.74, 6) is -0.183. The number of imidazole rings is 1. The van der Waals surface area contributed by atoms with E-state index in [1.165, 1.54) is 4.57 Å². The van der Waals surface area contributed by atoms with Crippen LogP contribution < -0.4 is 11.2 Å². The van der Waals surface area contributed by atoms with Crippen molar-refractivity contribution in [2.24, 2.45) is 0 Å². The smallest absolute Gasteiger partial charge is 0.333 e. The minimum atomic E-state index is -0.502. The Morgan fingerprint density at radius 3 is 2.45 bits per heavy atom. The van der Waals surface area contributed by atoms with Gasteiger partial charge in [0.05, 0.1) is 12.9 Å². The van der Waals surface area contributed by atoms with Gasteiger partial charge in [0.1, 0.15) is 6.54 Å². The van der Waals surface area contributed by atoms with E-state index >= 15 is 0 Å². The van der Waals surface area contributed by atoms with Crippen molar-refractivity contribution >= 4 is 17.1 Å². The van der Waals surface area contributed by atoms with Crippen LogP contribution in [0.5, 0.6) is 0 Å². The van der Waals surface area contributed by atoms with Crippen molar-refractivity contribution < 1.29 is 4.79 Å². The minimum Gasteiger partial charge on any atom is -0.341 e. The van der Waals surface area contributed by atoms with E-state index in [0.29, 0.717) is 30.8 Å². The van der Waals surface area contributed by atoms with Crippen LogP contribution in [0, 0.1) is 0 Å². The molecule has 3 heterocycles. The molecular formula is C21H25N5O3. The van der Waals surface area contributed by atoms with Crippen LogP contribution in [0.4, 0.5) is 0 Å². The van der Waals surface area contributed by atoms with Gasteiger partial charge >= 0.3 is 5.69 Å². The molecule has 0 saturated carbocycles. The second kappa shape index (κ2) is 8.06. The zero-order valence-electron chi connectivity index (χ0n) is 16.6. The van der Waals surface area contributed by atoms with Gasteiger partial charge in [-0.05, 0) is 31.7 Å². The van der Waals surface area contributed by atoms with Gasteiger partial charge in [0, 0.05) is 19.6 Å². The van der Waals surface area contributed by atoms with Crippen LogP contribution in [-0.4, -0.2) is 42.6 Å². The normalized spacial score (nSPS) is 14.4. The summed E-state index contributed by atoms with van der Waals surface area (Å²) >= 11 is 0. The number of fused-ring (bicyclic) bond motifs is 1. The number of rotatable bonds is 5. The van der Waals surface area contributed by atoms with Gasteiger partial charge in [-0.3, -0.25) is 14.2 Å². The Morgan fingerprint density at radius 2 is 1.76 bits per heavy atom. The van der Waals surface area contributed by atoms with Crippen LogP contribution in [0.2, 0.25) is 0 Å². The van der Waals surface area contributed by atoms with Crippen molar-refractivity contribution in [3.63, 3.8) is 0 Å². The summed E-state index contributed by atoms with van der Waals surface area (Å²) in [7, 11) is 0. The molecule has 0 aliphatic carbocycles. The van der Waals surface area contributed by atoms with Crippen LogP contribution in [0.15, 0.2) is 46.2 Å². The lowest BCUT2D eigenvalue weighted by Gasteiger charge is -2.26. The minimum absolute atomic E-state index is 0.183. The first-order valence-electron chi connectivity index (χ1n) is 10.1. The van der Waals surface area contributed by atoms with Crippen LogP contribution in [0.3, 0.4) is 0 Å². The van der Waals surface area contributed by atoms with Crippen LogP contribution >= 0.6 is 0 Å². The number of amides is 1. The second-order valence-electron chi connectivity index (χ2n) is 7.39. The first kappa shape index (κ1) is 19.2. The van der Waals surface area contributed by atoms with Crippen LogP contribution in [0.25, 0.3) is 11.2 Å². The lowest BCUT2D eigenvalue weighted by atomic mass is 10.1. The Labute approximate surface area is 168 Å². The maximum Gasteiger partial charge on any atom is 0.333 e. The van der Waals surface area contributed by atoms with Gasteiger partial charge in [0.15, 0.2) is 11.2 Å². The Bertz CT molecular complexity index is 1140. The van der Waals surface area contributed by atoms with E-state index in [0.717, 1.165) is 29.4 Å². The number of aromatic nitrogens is 4. The van der Waals surface area contributed by atoms with Gasteiger partial charge in [-0.1, -0.05) is 30.3 Å². The first-order valence-corrected chi connectivity index (χ1v) is 10.1. The number of nitrogens with zero attached hydrogens (tertiary/aromatic N) is 5. The van der Waals surface area contributed by atoms with Gasteiger partial charge in [-0.2, -0.15) is 0 Å². The molecule has 8 nitrogen and oxygen atoms in total. The average molecular weight is 395 g/mol. The maximum absolute atomic E-state index is 13.2. The number of likely N-dealkylation sites (tertiary alicyclic amines) is 1. The summed E-state index contributed by atoms with van der Waals surface area (Å²) in [5, 5.41) is 0. The van der Waals surface area contributed by atoms with Gasteiger partial charge in [-0.25, -0.2) is 14.3 Å². The zero-order valence-corrected chi connectivity index (χ0v) is 16.6. The molecular weight excluding hydrogens is 370 g/mol. The number of hydrogen-bond donors (Lipinski definition) is 0. The highest BCUT2D eigenvalue weighted by Crippen LogP contribution is 2.11. The molecule has 0 bridgehead atoms.